The van der Waals surface area contributed by atoms with Crippen molar-refractivity contribution in [2.75, 3.05) is 6.61 Å². The third-order valence-electron chi connectivity index (χ3n) is 3.47. The molecular formula is C17H29NO2. The molecule has 3 nitrogen and oxygen atoms in total. The standard InChI is InChI=1S/C17H29NO2/c1-4-6-7-8-9-14(3)18-13-15-10-11-16(19)17(12-15)20-5-2/h10-12,14,18-19H,4-9,13H2,1-3H3. The van der Waals surface area contributed by atoms with E-state index in [1.807, 2.05) is 19.1 Å². The van der Waals surface area contributed by atoms with Crippen LogP contribution in [0.4, 0.5) is 0 Å². The first-order chi connectivity index (χ1) is 9.67. The van der Waals surface area contributed by atoms with E-state index in [4.69, 9.17) is 4.74 Å². The van der Waals surface area contributed by atoms with Gasteiger partial charge in [0.2, 0.25) is 0 Å². The first-order valence-corrected chi connectivity index (χ1v) is 7.85. The molecule has 1 unspecified atom stereocenters. The van der Waals surface area contributed by atoms with E-state index in [1.165, 1.54) is 32.1 Å². The molecule has 3 heteroatoms. The zero-order chi connectivity index (χ0) is 14.8. The van der Waals surface area contributed by atoms with Gasteiger partial charge in [-0.1, -0.05) is 38.7 Å². The third kappa shape index (κ3) is 6.29. The Hall–Kier alpha value is -1.22. The van der Waals surface area contributed by atoms with Gasteiger partial charge in [-0.05, 0) is 38.0 Å². The quantitative estimate of drug-likeness (QED) is 0.629. The molecule has 2 N–H and O–H groups in total. The van der Waals surface area contributed by atoms with Gasteiger partial charge in [-0.25, -0.2) is 0 Å². The van der Waals surface area contributed by atoms with Gasteiger partial charge in [-0.2, -0.15) is 0 Å². The Morgan fingerprint density at radius 3 is 2.70 bits per heavy atom. The van der Waals surface area contributed by atoms with Crippen LogP contribution in [0.5, 0.6) is 11.5 Å². The van der Waals surface area contributed by atoms with Crippen molar-refractivity contribution in [1.82, 2.24) is 5.32 Å². The molecule has 1 aromatic rings. The van der Waals surface area contributed by atoms with Gasteiger partial charge in [0.1, 0.15) is 0 Å². The minimum absolute atomic E-state index is 0.211. The summed E-state index contributed by atoms with van der Waals surface area (Å²) in [6, 6.07) is 6.08. The van der Waals surface area contributed by atoms with Gasteiger partial charge in [0.25, 0.3) is 0 Å². The lowest BCUT2D eigenvalue weighted by Crippen LogP contribution is -2.25. The van der Waals surface area contributed by atoms with Crippen LogP contribution in [0, 0.1) is 0 Å². The first kappa shape index (κ1) is 16.8. The topological polar surface area (TPSA) is 41.5 Å². The number of aromatic hydroxyl groups is 1. The van der Waals surface area contributed by atoms with Crippen molar-refractivity contribution in [2.24, 2.45) is 0 Å². The van der Waals surface area contributed by atoms with Gasteiger partial charge in [0.05, 0.1) is 6.61 Å². The molecule has 1 aromatic carbocycles. The van der Waals surface area contributed by atoms with Crippen molar-refractivity contribution in [1.29, 1.82) is 0 Å². The largest absolute Gasteiger partial charge is 0.504 e. The molecule has 0 aliphatic carbocycles. The maximum Gasteiger partial charge on any atom is 0.161 e. The molecule has 0 spiro atoms. The smallest absolute Gasteiger partial charge is 0.161 e. The summed E-state index contributed by atoms with van der Waals surface area (Å²) in [6.45, 7) is 7.77. The van der Waals surface area contributed by atoms with Crippen molar-refractivity contribution < 1.29 is 9.84 Å². The van der Waals surface area contributed by atoms with Crippen LogP contribution in [0.1, 0.15) is 58.4 Å². The number of unbranched alkanes of at least 4 members (excludes halogenated alkanes) is 3. The van der Waals surface area contributed by atoms with Crippen molar-refractivity contribution in [2.45, 2.75) is 65.5 Å². The van der Waals surface area contributed by atoms with Crippen LogP contribution in [0.25, 0.3) is 0 Å². The molecule has 0 saturated carbocycles. The van der Waals surface area contributed by atoms with E-state index in [1.54, 1.807) is 6.07 Å². The molecule has 0 amide bonds. The third-order valence-corrected chi connectivity index (χ3v) is 3.47. The fourth-order valence-electron chi connectivity index (χ4n) is 2.21. The van der Waals surface area contributed by atoms with E-state index in [2.05, 4.69) is 19.2 Å². The monoisotopic (exact) mass is 279 g/mol. The average molecular weight is 279 g/mol. The van der Waals surface area contributed by atoms with Crippen molar-refractivity contribution in [3.8, 4) is 11.5 Å². The lowest BCUT2D eigenvalue weighted by molar-refractivity contribution is 0.317. The Balaban J connectivity index is 2.35. The lowest BCUT2D eigenvalue weighted by Gasteiger charge is -2.14. The molecule has 114 valence electrons. The second-order valence-electron chi connectivity index (χ2n) is 5.37. The van der Waals surface area contributed by atoms with Crippen LogP contribution in [-0.4, -0.2) is 17.8 Å². The molecule has 0 aliphatic rings. The normalized spacial score (nSPS) is 12.3. The molecule has 0 bridgehead atoms. The predicted octanol–water partition coefficient (Wildman–Crippen LogP) is 4.24. The fourth-order valence-corrected chi connectivity index (χ4v) is 2.21. The number of benzene rings is 1. The van der Waals surface area contributed by atoms with E-state index < -0.39 is 0 Å². The van der Waals surface area contributed by atoms with Gasteiger partial charge in [0, 0.05) is 12.6 Å². The summed E-state index contributed by atoms with van der Waals surface area (Å²) >= 11 is 0. The summed E-state index contributed by atoms with van der Waals surface area (Å²) in [6.07, 6.45) is 6.46. The van der Waals surface area contributed by atoms with Gasteiger partial charge in [-0.15, -0.1) is 0 Å². The number of phenolic OH excluding ortho intramolecular Hbond substituents is 1. The van der Waals surface area contributed by atoms with Crippen LogP contribution in [0.3, 0.4) is 0 Å². The number of hydrogen-bond donors (Lipinski definition) is 2. The average Bonchev–Trinajstić information content (AvgIpc) is 2.45. The maximum absolute atomic E-state index is 9.66. The van der Waals surface area contributed by atoms with Crippen LogP contribution in [-0.2, 0) is 6.54 Å². The van der Waals surface area contributed by atoms with Crippen LogP contribution < -0.4 is 10.1 Å². The SMILES string of the molecule is CCCCCCC(C)NCc1ccc(O)c(OCC)c1. The summed E-state index contributed by atoms with van der Waals surface area (Å²) in [4.78, 5) is 0. The number of nitrogens with one attached hydrogen (secondary N) is 1. The van der Waals surface area contributed by atoms with Crippen LogP contribution in [0.2, 0.25) is 0 Å². The first-order valence-electron chi connectivity index (χ1n) is 7.85. The van der Waals surface area contributed by atoms with E-state index in [0.717, 1.165) is 12.1 Å². The second kappa shape index (κ2) is 9.65. The Kier molecular flexibility index (Phi) is 8.12. The Morgan fingerprint density at radius 2 is 2.00 bits per heavy atom. The highest BCUT2D eigenvalue weighted by Crippen LogP contribution is 2.26. The molecule has 0 heterocycles. The maximum atomic E-state index is 9.66. The van der Waals surface area contributed by atoms with Gasteiger partial charge in [0.15, 0.2) is 11.5 Å². The van der Waals surface area contributed by atoms with Crippen molar-refractivity contribution >= 4 is 0 Å². The Labute approximate surface area is 123 Å². The molecule has 0 fully saturated rings. The van der Waals surface area contributed by atoms with Gasteiger partial charge < -0.3 is 15.2 Å². The molecule has 1 atom stereocenters. The highest BCUT2D eigenvalue weighted by Gasteiger charge is 2.05. The highest BCUT2D eigenvalue weighted by atomic mass is 16.5. The molecule has 1 rings (SSSR count). The molecule has 0 saturated heterocycles. The van der Waals surface area contributed by atoms with Gasteiger partial charge in [-0.3, -0.25) is 0 Å². The lowest BCUT2D eigenvalue weighted by atomic mass is 10.1. The minimum Gasteiger partial charge on any atom is -0.504 e. The summed E-state index contributed by atoms with van der Waals surface area (Å²) in [5, 5.41) is 13.2. The van der Waals surface area contributed by atoms with Crippen LogP contribution >= 0.6 is 0 Å². The zero-order valence-electron chi connectivity index (χ0n) is 13.1. The van der Waals surface area contributed by atoms with E-state index in [9.17, 15) is 5.11 Å². The number of ether oxygens (including phenoxy) is 1. The van der Waals surface area contributed by atoms with Gasteiger partial charge >= 0.3 is 0 Å². The van der Waals surface area contributed by atoms with Crippen molar-refractivity contribution in [3.63, 3.8) is 0 Å². The Morgan fingerprint density at radius 1 is 1.20 bits per heavy atom. The van der Waals surface area contributed by atoms with Crippen molar-refractivity contribution in [3.05, 3.63) is 23.8 Å². The van der Waals surface area contributed by atoms with E-state index in [0.29, 0.717) is 18.4 Å². The molecule has 0 aromatic heterocycles. The van der Waals surface area contributed by atoms with Crippen LogP contribution in [0.15, 0.2) is 18.2 Å². The highest BCUT2D eigenvalue weighted by molar-refractivity contribution is 5.41. The zero-order valence-corrected chi connectivity index (χ0v) is 13.1. The number of hydrogen-bond acceptors (Lipinski definition) is 3. The number of phenols is 1. The molecule has 20 heavy (non-hydrogen) atoms. The number of rotatable bonds is 10. The molecule has 0 radical (unpaired) electrons. The van der Waals surface area contributed by atoms with E-state index >= 15 is 0 Å². The predicted molar refractivity (Wildman–Crippen MR) is 84.3 cm³/mol. The summed E-state index contributed by atoms with van der Waals surface area (Å²) in [7, 11) is 0. The van der Waals surface area contributed by atoms with E-state index in [-0.39, 0.29) is 5.75 Å². The summed E-state index contributed by atoms with van der Waals surface area (Å²) < 4.78 is 5.40. The fraction of sp³-hybridized carbons (Fsp3) is 0.647. The second-order valence-corrected chi connectivity index (χ2v) is 5.37. The minimum atomic E-state index is 0.211. The molecule has 0 aliphatic heterocycles. The summed E-state index contributed by atoms with van der Waals surface area (Å²) in [5.41, 5.74) is 1.15. The molecular weight excluding hydrogens is 250 g/mol. The summed E-state index contributed by atoms with van der Waals surface area (Å²) in [5.74, 6) is 0.783. The Bertz CT molecular complexity index is 379.